The van der Waals surface area contributed by atoms with Crippen LogP contribution in [0.3, 0.4) is 0 Å². The van der Waals surface area contributed by atoms with Gasteiger partial charge in [-0.25, -0.2) is 4.98 Å². The Balaban J connectivity index is 1.28. The molecule has 5 nitrogen and oxygen atoms in total. The molecule has 1 fully saturated rings. The third-order valence-electron chi connectivity index (χ3n) is 5.10. The molecular formula is C20H24N3O2+. The second-order valence-electron chi connectivity index (χ2n) is 6.69. The van der Waals surface area contributed by atoms with Crippen LogP contribution in [0.15, 0.2) is 42.6 Å². The Morgan fingerprint density at radius 3 is 2.68 bits per heavy atom. The maximum atomic E-state index is 12.4. The molecular weight excluding hydrogens is 314 g/mol. The molecule has 0 spiro atoms. The Morgan fingerprint density at radius 1 is 1.04 bits per heavy atom. The van der Waals surface area contributed by atoms with Crippen LogP contribution in [0.4, 0.5) is 5.82 Å². The summed E-state index contributed by atoms with van der Waals surface area (Å²) >= 11 is 0. The van der Waals surface area contributed by atoms with Crippen LogP contribution >= 0.6 is 0 Å². The van der Waals surface area contributed by atoms with Gasteiger partial charge >= 0.3 is 0 Å². The number of anilines is 1. The van der Waals surface area contributed by atoms with Crippen molar-refractivity contribution in [1.82, 2.24) is 4.90 Å². The molecule has 0 atom stereocenters. The van der Waals surface area contributed by atoms with E-state index in [4.69, 9.17) is 4.74 Å². The van der Waals surface area contributed by atoms with E-state index >= 15 is 0 Å². The van der Waals surface area contributed by atoms with Crippen LogP contribution in [0.25, 0.3) is 0 Å². The zero-order valence-corrected chi connectivity index (χ0v) is 14.4. The molecule has 130 valence electrons. The van der Waals surface area contributed by atoms with Gasteiger partial charge in [-0.2, -0.15) is 0 Å². The molecule has 0 radical (unpaired) electrons. The van der Waals surface area contributed by atoms with Gasteiger partial charge in [0, 0.05) is 6.07 Å². The number of fused-ring (bicyclic) bond motifs is 1. The molecule has 0 bridgehead atoms. The fraction of sp³-hybridized carbons (Fsp3) is 0.400. The summed E-state index contributed by atoms with van der Waals surface area (Å²) in [5, 5.41) is 0. The van der Waals surface area contributed by atoms with Gasteiger partial charge < -0.3 is 9.64 Å². The number of pyridine rings is 1. The largest absolute Gasteiger partial charge is 0.484 e. The van der Waals surface area contributed by atoms with Crippen LogP contribution in [-0.2, 0) is 17.6 Å². The van der Waals surface area contributed by atoms with Gasteiger partial charge in [0.05, 0.1) is 19.3 Å². The first-order chi connectivity index (χ1) is 12.3. The van der Waals surface area contributed by atoms with Crippen LogP contribution in [0.5, 0.6) is 5.75 Å². The first-order valence-corrected chi connectivity index (χ1v) is 9.04. The van der Waals surface area contributed by atoms with Gasteiger partial charge in [0.2, 0.25) is 0 Å². The Kier molecular flexibility index (Phi) is 4.55. The van der Waals surface area contributed by atoms with Gasteiger partial charge in [0.25, 0.3) is 11.7 Å². The number of hydrogen-bond donors (Lipinski definition) is 0. The zero-order chi connectivity index (χ0) is 17.1. The number of piperazine rings is 1. The summed E-state index contributed by atoms with van der Waals surface area (Å²) in [7, 11) is 0. The van der Waals surface area contributed by atoms with Crippen LogP contribution < -0.4 is 14.6 Å². The number of aromatic amines is 1. The molecule has 1 N–H and O–H groups in total. The Hall–Kier alpha value is -2.56. The summed E-state index contributed by atoms with van der Waals surface area (Å²) in [5.41, 5.74) is 2.80. The number of aromatic nitrogens is 1. The number of nitrogens with zero attached hydrogens (tertiary/aromatic N) is 2. The molecule has 1 aromatic carbocycles. The van der Waals surface area contributed by atoms with E-state index < -0.39 is 0 Å². The smallest absolute Gasteiger partial charge is 0.274 e. The minimum atomic E-state index is 0.0668. The van der Waals surface area contributed by atoms with Gasteiger partial charge in [-0.1, -0.05) is 12.1 Å². The predicted molar refractivity (Wildman–Crippen MR) is 95.8 cm³/mol. The molecule has 1 aromatic heterocycles. The molecule has 1 saturated heterocycles. The van der Waals surface area contributed by atoms with Crippen LogP contribution in [0.1, 0.15) is 17.5 Å². The molecule has 5 heteroatoms. The quantitative estimate of drug-likeness (QED) is 0.853. The van der Waals surface area contributed by atoms with Gasteiger partial charge in [-0.3, -0.25) is 9.69 Å². The van der Waals surface area contributed by atoms with Gasteiger partial charge in [0.1, 0.15) is 18.8 Å². The highest BCUT2D eigenvalue weighted by Gasteiger charge is 2.26. The van der Waals surface area contributed by atoms with Crippen molar-refractivity contribution in [2.24, 2.45) is 0 Å². The Morgan fingerprint density at radius 2 is 1.88 bits per heavy atom. The fourth-order valence-electron chi connectivity index (χ4n) is 3.65. The van der Waals surface area contributed by atoms with Crippen LogP contribution in [0, 0.1) is 0 Å². The molecule has 2 aliphatic rings. The lowest BCUT2D eigenvalue weighted by Crippen LogP contribution is -2.51. The second-order valence-corrected chi connectivity index (χ2v) is 6.69. The van der Waals surface area contributed by atoms with Crippen LogP contribution in [-0.4, -0.2) is 43.6 Å². The third kappa shape index (κ3) is 3.60. The number of rotatable bonds is 4. The number of hydrogen-bond acceptors (Lipinski definition) is 3. The highest BCUT2D eigenvalue weighted by atomic mass is 16.5. The number of benzene rings is 1. The Labute approximate surface area is 148 Å². The van der Waals surface area contributed by atoms with Gasteiger partial charge in [-0.15, -0.1) is 0 Å². The van der Waals surface area contributed by atoms with Crippen molar-refractivity contribution in [3.8, 4) is 5.75 Å². The lowest BCUT2D eigenvalue weighted by molar-refractivity contribution is -0.364. The average molecular weight is 338 g/mol. The maximum absolute atomic E-state index is 12.4. The van der Waals surface area contributed by atoms with E-state index in [0.29, 0.717) is 0 Å². The maximum Gasteiger partial charge on any atom is 0.274 e. The van der Waals surface area contributed by atoms with Crippen molar-refractivity contribution in [2.75, 3.05) is 37.7 Å². The van der Waals surface area contributed by atoms with Crippen molar-refractivity contribution in [1.29, 1.82) is 0 Å². The van der Waals surface area contributed by atoms with Crippen molar-refractivity contribution < 1.29 is 14.5 Å². The van der Waals surface area contributed by atoms with E-state index in [-0.39, 0.29) is 12.5 Å². The summed E-state index contributed by atoms with van der Waals surface area (Å²) in [5.74, 6) is 1.98. The number of ether oxygens (including phenoxy) is 1. The topological polar surface area (TPSA) is 46.9 Å². The lowest BCUT2D eigenvalue weighted by atomic mass is 10.1. The zero-order valence-electron chi connectivity index (χ0n) is 14.4. The molecule has 0 saturated carbocycles. The first-order valence-electron chi connectivity index (χ1n) is 9.04. The van der Waals surface area contributed by atoms with Crippen molar-refractivity contribution >= 4 is 11.7 Å². The highest BCUT2D eigenvalue weighted by molar-refractivity contribution is 5.78. The second kappa shape index (κ2) is 7.13. The normalized spacial score (nSPS) is 16.6. The van der Waals surface area contributed by atoms with Crippen LogP contribution in [0.2, 0.25) is 0 Å². The van der Waals surface area contributed by atoms with Crippen molar-refractivity contribution in [2.45, 2.75) is 19.3 Å². The average Bonchev–Trinajstić information content (AvgIpc) is 3.15. The van der Waals surface area contributed by atoms with Crippen molar-refractivity contribution in [3.05, 3.63) is 53.7 Å². The van der Waals surface area contributed by atoms with E-state index in [1.165, 1.54) is 17.5 Å². The molecule has 1 aliphatic heterocycles. The van der Waals surface area contributed by atoms with E-state index in [1.807, 2.05) is 29.3 Å². The van der Waals surface area contributed by atoms with Crippen molar-refractivity contribution in [3.63, 3.8) is 0 Å². The number of carbonyl (C=O) groups is 1. The molecule has 4 rings (SSSR count). The minimum absolute atomic E-state index is 0.0668. The fourth-order valence-corrected chi connectivity index (χ4v) is 3.65. The molecule has 25 heavy (non-hydrogen) atoms. The lowest BCUT2D eigenvalue weighted by Gasteiger charge is -2.30. The van der Waals surface area contributed by atoms with E-state index in [0.717, 1.165) is 50.6 Å². The number of H-pyrrole nitrogens is 1. The standard InChI is InChI=1S/C20H23N3O2/c24-20(15-25-18-8-7-16-4-3-5-17(16)14-18)23-12-10-22(11-13-23)19-6-1-2-9-21-19/h1-2,6-9,14H,3-5,10-13,15H2/p+1. The summed E-state index contributed by atoms with van der Waals surface area (Å²) in [6.45, 7) is 3.26. The SMILES string of the molecule is O=C(COc1ccc2c(c1)CCC2)N1CCN(c2cccc[nH+]2)CC1. The molecule has 2 aromatic rings. The highest BCUT2D eigenvalue weighted by Crippen LogP contribution is 2.26. The molecule has 2 heterocycles. The molecule has 0 unspecified atom stereocenters. The summed E-state index contributed by atoms with van der Waals surface area (Å²) in [4.78, 5) is 19.8. The first kappa shape index (κ1) is 15.9. The predicted octanol–water partition coefficient (Wildman–Crippen LogP) is 1.72. The monoisotopic (exact) mass is 338 g/mol. The van der Waals surface area contributed by atoms with E-state index in [9.17, 15) is 4.79 Å². The number of carbonyl (C=O) groups excluding carboxylic acids is 1. The van der Waals surface area contributed by atoms with E-state index in [1.54, 1.807) is 0 Å². The summed E-state index contributed by atoms with van der Waals surface area (Å²) < 4.78 is 5.75. The van der Waals surface area contributed by atoms with E-state index in [2.05, 4.69) is 28.1 Å². The number of aryl methyl sites for hydroxylation is 2. The minimum Gasteiger partial charge on any atom is -0.484 e. The summed E-state index contributed by atoms with van der Waals surface area (Å²) in [6.07, 6.45) is 5.44. The van der Waals surface area contributed by atoms with Gasteiger partial charge in [-0.05, 0) is 48.6 Å². The molecule has 1 amide bonds. The Bertz CT molecular complexity index is 740. The third-order valence-corrected chi connectivity index (χ3v) is 5.10. The number of nitrogens with one attached hydrogen (secondary N) is 1. The van der Waals surface area contributed by atoms with Gasteiger partial charge in [0.15, 0.2) is 6.61 Å². The summed E-state index contributed by atoms with van der Waals surface area (Å²) in [6, 6.07) is 12.3. The number of amides is 1. The molecule has 1 aliphatic carbocycles.